The van der Waals surface area contributed by atoms with Gasteiger partial charge in [0.15, 0.2) is 0 Å². The molecule has 0 fully saturated rings. The van der Waals surface area contributed by atoms with Gasteiger partial charge in [-0.05, 0) is 31.7 Å². The van der Waals surface area contributed by atoms with E-state index >= 15 is 0 Å². The summed E-state index contributed by atoms with van der Waals surface area (Å²) in [6.07, 6.45) is 6.17. The number of hydrogen-bond donors (Lipinski definition) is 1. The number of hydrogen-bond acceptors (Lipinski definition) is 5. The molecule has 5 heteroatoms. The largest absolute Gasteiger partial charge is 0.373 e. The lowest BCUT2D eigenvalue weighted by atomic mass is 9.94. The number of rotatable bonds is 10. The second kappa shape index (κ2) is 9.04. The van der Waals surface area contributed by atoms with Crippen LogP contribution < -0.4 is 5.73 Å². The summed E-state index contributed by atoms with van der Waals surface area (Å²) in [5.74, 6) is 2.03. The average molecular weight is 269 g/mol. The molecule has 0 bridgehead atoms. The van der Waals surface area contributed by atoms with Crippen LogP contribution in [0.1, 0.15) is 63.8 Å². The van der Waals surface area contributed by atoms with Gasteiger partial charge in [-0.1, -0.05) is 31.8 Å². The number of nitrogens with zero attached hydrogens (tertiary/aromatic N) is 2. The fraction of sp³-hybridized carbons (Fsp3) is 0.857. The van der Waals surface area contributed by atoms with E-state index in [-0.39, 0.29) is 6.10 Å². The maximum absolute atomic E-state index is 5.64. The van der Waals surface area contributed by atoms with Crippen LogP contribution >= 0.6 is 0 Å². The monoisotopic (exact) mass is 269 g/mol. The zero-order valence-electron chi connectivity index (χ0n) is 12.4. The van der Waals surface area contributed by atoms with Crippen LogP contribution in [0, 0.1) is 5.92 Å². The molecular weight excluding hydrogens is 242 g/mol. The zero-order valence-corrected chi connectivity index (χ0v) is 12.4. The molecule has 0 aliphatic carbocycles. The van der Waals surface area contributed by atoms with Crippen LogP contribution in [0.15, 0.2) is 4.52 Å². The quantitative estimate of drug-likeness (QED) is 0.707. The minimum atomic E-state index is -0.0621. The van der Waals surface area contributed by atoms with E-state index in [1.807, 2.05) is 6.92 Å². The van der Waals surface area contributed by atoms with Gasteiger partial charge >= 0.3 is 0 Å². The first-order valence-electron chi connectivity index (χ1n) is 7.30. The van der Waals surface area contributed by atoms with Gasteiger partial charge in [-0.2, -0.15) is 4.98 Å². The molecule has 110 valence electrons. The summed E-state index contributed by atoms with van der Waals surface area (Å²) in [6, 6.07) is 0. The third-order valence-corrected chi connectivity index (χ3v) is 3.47. The Kier molecular flexibility index (Phi) is 7.67. The molecular formula is C14H27N3O2. The molecule has 1 aromatic rings. The Hall–Kier alpha value is -0.940. The first-order chi connectivity index (χ1) is 9.24. The molecule has 0 aliphatic rings. The molecule has 0 saturated carbocycles. The minimum absolute atomic E-state index is 0.0621. The first-order valence-corrected chi connectivity index (χ1v) is 7.30. The van der Waals surface area contributed by atoms with Gasteiger partial charge in [0.2, 0.25) is 11.7 Å². The Morgan fingerprint density at radius 1 is 1.26 bits per heavy atom. The molecule has 0 radical (unpaired) electrons. The fourth-order valence-corrected chi connectivity index (χ4v) is 2.36. The van der Waals surface area contributed by atoms with Gasteiger partial charge in [0.1, 0.15) is 6.10 Å². The smallest absolute Gasteiger partial charge is 0.226 e. The summed E-state index contributed by atoms with van der Waals surface area (Å²) >= 11 is 0. The summed E-state index contributed by atoms with van der Waals surface area (Å²) in [5, 5.41) is 3.99. The Balaban J connectivity index is 2.48. The number of aryl methyl sites for hydroxylation is 1. The Morgan fingerprint density at radius 3 is 2.63 bits per heavy atom. The summed E-state index contributed by atoms with van der Waals surface area (Å²) < 4.78 is 10.6. The molecule has 19 heavy (non-hydrogen) atoms. The van der Waals surface area contributed by atoms with E-state index in [0.717, 1.165) is 32.2 Å². The first kappa shape index (κ1) is 16.1. The number of ether oxygens (including phenoxy) is 1. The molecule has 1 heterocycles. The molecule has 2 atom stereocenters. The van der Waals surface area contributed by atoms with Crippen molar-refractivity contribution in [2.75, 3.05) is 13.7 Å². The average Bonchev–Trinajstić information content (AvgIpc) is 2.87. The number of methoxy groups -OCH3 is 1. The SMILES string of the molecule is CCCC(CCN)CCc1nc(C(CC)OC)no1. The maximum atomic E-state index is 5.64. The van der Waals surface area contributed by atoms with Crippen LogP contribution in [0.25, 0.3) is 0 Å². The van der Waals surface area contributed by atoms with Crippen molar-refractivity contribution < 1.29 is 9.26 Å². The van der Waals surface area contributed by atoms with Crippen molar-refractivity contribution in [3.63, 3.8) is 0 Å². The molecule has 5 nitrogen and oxygen atoms in total. The van der Waals surface area contributed by atoms with E-state index < -0.39 is 0 Å². The molecule has 1 rings (SSSR count). The lowest BCUT2D eigenvalue weighted by molar-refractivity contribution is 0.0903. The molecule has 1 aromatic heterocycles. The molecule has 0 amide bonds. The number of nitrogens with two attached hydrogens (primary N) is 1. The Morgan fingerprint density at radius 2 is 2.05 bits per heavy atom. The second-order valence-electron chi connectivity index (χ2n) is 4.95. The molecule has 0 aliphatic heterocycles. The van der Waals surface area contributed by atoms with Gasteiger partial charge < -0.3 is 15.0 Å². The lowest BCUT2D eigenvalue weighted by Gasteiger charge is -2.13. The van der Waals surface area contributed by atoms with E-state index in [0.29, 0.717) is 17.6 Å². The molecule has 2 unspecified atom stereocenters. The van der Waals surface area contributed by atoms with Crippen LogP contribution in [-0.2, 0) is 11.2 Å². The van der Waals surface area contributed by atoms with Crippen LogP contribution in [0.3, 0.4) is 0 Å². The van der Waals surface area contributed by atoms with Crippen molar-refractivity contribution in [1.82, 2.24) is 10.1 Å². The van der Waals surface area contributed by atoms with E-state index in [2.05, 4.69) is 17.1 Å². The fourth-order valence-electron chi connectivity index (χ4n) is 2.36. The number of aromatic nitrogens is 2. The summed E-state index contributed by atoms with van der Waals surface area (Å²) in [5.41, 5.74) is 5.64. The van der Waals surface area contributed by atoms with Gasteiger partial charge in [0.25, 0.3) is 0 Å². The van der Waals surface area contributed by atoms with E-state index in [9.17, 15) is 0 Å². The van der Waals surface area contributed by atoms with Crippen molar-refractivity contribution in [1.29, 1.82) is 0 Å². The van der Waals surface area contributed by atoms with E-state index in [4.69, 9.17) is 15.0 Å². The summed E-state index contributed by atoms with van der Waals surface area (Å²) in [7, 11) is 1.67. The van der Waals surface area contributed by atoms with Gasteiger partial charge in [0.05, 0.1) is 0 Å². The van der Waals surface area contributed by atoms with Crippen molar-refractivity contribution in [2.45, 2.75) is 58.5 Å². The predicted molar refractivity (Wildman–Crippen MR) is 74.7 cm³/mol. The predicted octanol–water partition coefficient (Wildman–Crippen LogP) is 2.86. The van der Waals surface area contributed by atoms with Crippen molar-refractivity contribution in [3.05, 3.63) is 11.7 Å². The maximum Gasteiger partial charge on any atom is 0.226 e. The topological polar surface area (TPSA) is 74.2 Å². The van der Waals surface area contributed by atoms with Crippen LogP contribution in [0.2, 0.25) is 0 Å². The van der Waals surface area contributed by atoms with Crippen molar-refractivity contribution >= 4 is 0 Å². The lowest BCUT2D eigenvalue weighted by Crippen LogP contribution is -2.10. The standard InChI is InChI=1S/C14H27N3O2/c1-4-6-11(9-10-15)7-8-13-16-14(17-19-13)12(5-2)18-3/h11-12H,4-10,15H2,1-3H3. The molecule has 0 aromatic carbocycles. The summed E-state index contributed by atoms with van der Waals surface area (Å²) in [6.45, 7) is 5.00. The Bertz CT molecular complexity index is 331. The molecule has 0 spiro atoms. The van der Waals surface area contributed by atoms with Crippen molar-refractivity contribution in [2.24, 2.45) is 11.7 Å². The second-order valence-corrected chi connectivity index (χ2v) is 4.95. The molecule has 0 saturated heterocycles. The van der Waals surface area contributed by atoms with Crippen molar-refractivity contribution in [3.8, 4) is 0 Å². The highest BCUT2D eigenvalue weighted by Crippen LogP contribution is 2.20. The highest BCUT2D eigenvalue weighted by Gasteiger charge is 2.16. The normalized spacial score (nSPS) is 14.5. The van der Waals surface area contributed by atoms with E-state index in [1.165, 1.54) is 12.8 Å². The van der Waals surface area contributed by atoms with Gasteiger partial charge in [-0.3, -0.25) is 0 Å². The third-order valence-electron chi connectivity index (χ3n) is 3.47. The highest BCUT2D eigenvalue weighted by atomic mass is 16.5. The minimum Gasteiger partial charge on any atom is -0.373 e. The third kappa shape index (κ3) is 5.28. The van der Waals surface area contributed by atoms with Crippen LogP contribution in [0.4, 0.5) is 0 Å². The van der Waals surface area contributed by atoms with Crippen LogP contribution in [-0.4, -0.2) is 23.8 Å². The molecule has 2 N–H and O–H groups in total. The van der Waals surface area contributed by atoms with Gasteiger partial charge in [-0.25, -0.2) is 0 Å². The van der Waals surface area contributed by atoms with Gasteiger partial charge in [0, 0.05) is 13.5 Å². The van der Waals surface area contributed by atoms with Gasteiger partial charge in [-0.15, -0.1) is 0 Å². The van der Waals surface area contributed by atoms with E-state index in [1.54, 1.807) is 7.11 Å². The highest BCUT2D eigenvalue weighted by molar-refractivity contribution is 4.91. The summed E-state index contributed by atoms with van der Waals surface area (Å²) in [4.78, 5) is 4.41. The Labute approximate surface area is 115 Å². The zero-order chi connectivity index (χ0) is 14.1. The van der Waals surface area contributed by atoms with Crippen LogP contribution in [0.5, 0.6) is 0 Å².